The Kier molecular flexibility index (Phi) is 3.06. The van der Waals surface area contributed by atoms with Crippen LogP contribution >= 0.6 is 11.6 Å². The van der Waals surface area contributed by atoms with Crippen molar-refractivity contribution in [2.75, 3.05) is 0 Å². The summed E-state index contributed by atoms with van der Waals surface area (Å²) in [4.78, 5) is 0. The molecule has 0 N–H and O–H groups in total. The molecule has 0 saturated carbocycles. The summed E-state index contributed by atoms with van der Waals surface area (Å²) in [7, 11) is 0. The summed E-state index contributed by atoms with van der Waals surface area (Å²) in [5.74, 6) is 0. The minimum atomic E-state index is 0.308. The van der Waals surface area contributed by atoms with Gasteiger partial charge >= 0.3 is 0 Å². The van der Waals surface area contributed by atoms with Crippen molar-refractivity contribution in [2.45, 2.75) is 13.8 Å². The van der Waals surface area contributed by atoms with Crippen molar-refractivity contribution < 1.29 is 0 Å². The second kappa shape index (κ2) is 4.52. The van der Waals surface area contributed by atoms with Gasteiger partial charge in [-0.15, -0.1) is 0 Å². The number of hydrogen-bond donors (Lipinski definition) is 0. The number of halogens is 1. The van der Waals surface area contributed by atoms with Crippen LogP contribution in [0.25, 0.3) is 5.69 Å². The zero-order valence-electron chi connectivity index (χ0n) is 9.90. The summed E-state index contributed by atoms with van der Waals surface area (Å²) in [6.07, 6.45) is 0. The maximum atomic E-state index is 9.18. The third-order valence-corrected chi connectivity index (χ3v) is 3.25. The van der Waals surface area contributed by atoms with Crippen LogP contribution in [0.1, 0.15) is 22.5 Å². The monoisotopic (exact) mass is 256 g/mol. The van der Waals surface area contributed by atoms with Crippen LogP contribution < -0.4 is 0 Å². The standard InChI is InChI=1S/C13H9ClN4/c1-8-13(14)9(2)18(17-8)12-5-3-4-10(6-15)11(12)7-16/h3-5H,1-2H3. The summed E-state index contributed by atoms with van der Waals surface area (Å²) in [5, 5.41) is 23.0. The van der Waals surface area contributed by atoms with Gasteiger partial charge in [-0.3, -0.25) is 0 Å². The Labute approximate surface area is 110 Å². The average molecular weight is 257 g/mol. The Hall–Kier alpha value is -2.30. The smallest absolute Gasteiger partial charge is 0.103 e. The van der Waals surface area contributed by atoms with Crippen molar-refractivity contribution in [2.24, 2.45) is 0 Å². The molecule has 18 heavy (non-hydrogen) atoms. The molecular formula is C13H9ClN4. The van der Waals surface area contributed by atoms with Crippen molar-refractivity contribution in [3.8, 4) is 17.8 Å². The SMILES string of the molecule is Cc1nn(-c2cccc(C#N)c2C#N)c(C)c1Cl. The first-order chi connectivity index (χ1) is 8.60. The summed E-state index contributed by atoms with van der Waals surface area (Å²) in [6, 6.07) is 9.12. The number of aryl methyl sites for hydroxylation is 1. The van der Waals surface area contributed by atoms with Crippen LogP contribution in [0.4, 0.5) is 0 Å². The van der Waals surface area contributed by atoms with E-state index in [4.69, 9.17) is 16.9 Å². The number of nitrogens with zero attached hydrogens (tertiary/aromatic N) is 4. The van der Waals surface area contributed by atoms with E-state index in [-0.39, 0.29) is 0 Å². The van der Waals surface area contributed by atoms with Crippen molar-refractivity contribution >= 4 is 11.6 Å². The quantitative estimate of drug-likeness (QED) is 0.788. The maximum absolute atomic E-state index is 9.18. The Morgan fingerprint density at radius 3 is 2.44 bits per heavy atom. The van der Waals surface area contributed by atoms with E-state index in [0.717, 1.165) is 5.69 Å². The van der Waals surface area contributed by atoms with Gasteiger partial charge < -0.3 is 0 Å². The van der Waals surface area contributed by atoms with Crippen molar-refractivity contribution in [1.82, 2.24) is 9.78 Å². The van der Waals surface area contributed by atoms with Gasteiger partial charge in [0, 0.05) is 0 Å². The summed E-state index contributed by atoms with van der Waals surface area (Å²) < 4.78 is 1.59. The van der Waals surface area contributed by atoms with Crippen LogP contribution in [0.15, 0.2) is 18.2 Å². The summed E-state index contributed by atoms with van der Waals surface area (Å²) >= 11 is 6.09. The lowest BCUT2D eigenvalue weighted by molar-refractivity contribution is 0.830. The Morgan fingerprint density at radius 1 is 1.22 bits per heavy atom. The van der Waals surface area contributed by atoms with Gasteiger partial charge in [0.25, 0.3) is 0 Å². The zero-order valence-corrected chi connectivity index (χ0v) is 10.7. The van der Waals surface area contributed by atoms with Gasteiger partial charge in [0.2, 0.25) is 0 Å². The molecule has 1 heterocycles. The highest BCUT2D eigenvalue weighted by Gasteiger charge is 2.15. The number of benzene rings is 1. The lowest BCUT2D eigenvalue weighted by Crippen LogP contribution is -2.03. The molecule has 0 fully saturated rings. The molecule has 88 valence electrons. The van der Waals surface area contributed by atoms with Gasteiger partial charge in [-0.2, -0.15) is 15.6 Å². The maximum Gasteiger partial charge on any atom is 0.103 e. The molecule has 0 aliphatic carbocycles. The Morgan fingerprint density at radius 2 is 1.94 bits per heavy atom. The minimum Gasteiger partial charge on any atom is -0.235 e. The number of nitriles is 2. The largest absolute Gasteiger partial charge is 0.235 e. The predicted molar refractivity (Wildman–Crippen MR) is 67.5 cm³/mol. The molecule has 2 rings (SSSR count). The van der Waals surface area contributed by atoms with E-state index in [1.165, 1.54) is 0 Å². The van der Waals surface area contributed by atoms with Crippen molar-refractivity contribution in [3.05, 3.63) is 45.7 Å². The number of rotatable bonds is 1. The zero-order chi connectivity index (χ0) is 13.3. The van der Waals surface area contributed by atoms with E-state index < -0.39 is 0 Å². The lowest BCUT2D eigenvalue weighted by atomic mass is 10.1. The van der Waals surface area contributed by atoms with E-state index in [1.807, 2.05) is 19.1 Å². The summed E-state index contributed by atoms with van der Waals surface area (Å²) in [5.41, 5.74) is 2.66. The molecule has 1 aromatic carbocycles. The van der Waals surface area contributed by atoms with Gasteiger partial charge in [0.15, 0.2) is 0 Å². The fourth-order valence-corrected chi connectivity index (χ4v) is 1.90. The topological polar surface area (TPSA) is 65.4 Å². The van der Waals surface area contributed by atoms with E-state index in [2.05, 4.69) is 5.10 Å². The summed E-state index contributed by atoms with van der Waals surface area (Å²) in [6.45, 7) is 3.62. The highest BCUT2D eigenvalue weighted by Crippen LogP contribution is 2.25. The van der Waals surface area contributed by atoms with Crippen LogP contribution in [-0.4, -0.2) is 9.78 Å². The van der Waals surface area contributed by atoms with Gasteiger partial charge in [-0.25, -0.2) is 4.68 Å². The highest BCUT2D eigenvalue weighted by atomic mass is 35.5. The molecule has 0 aliphatic heterocycles. The molecule has 0 spiro atoms. The molecule has 4 nitrogen and oxygen atoms in total. The van der Waals surface area contributed by atoms with Gasteiger partial charge in [-0.1, -0.05) is 17.7 Å². The van der Waals surface area contributed by atoms with Crippen LogP contribution in [0.3, 0.4) is 0 Å². The molecular weight excluding hydrogens is 248 g/mol. The van der Waals surface area contributed by atoms with Crippen LogP contribution in [0.2, 0.25) is 5.02 Å². The first-order valence-corrected chi connectivity index (χ1v) is 5.63. The van der Waals surface area contributed by atoms with Crippen LogP contribution in [-0.2, 0) is 0 Å². The molecule has 0 saturated heterocycles. The number of hydrogen-bond acceptors (Lipinski definition) is 3. The van der Waals surface area contributed by atoms with E-state index in [9.17, 15) is 5.26 Å². The van der Waals surface area contributed by atoms with Gasteiger partial charge in [0.05, 0.1) is 33.2 Å². The molecule has 0 unspecified atom stereocenters. The molecule has 0 atom stereocenters. The average Bonchev–Trinajstić information content (AvgIpc) is 2.65. The van der Waals surface area contributed by atoms with E-state index in [0.29, 0.717) is 27.5 Å². The first kappa shape index (κ1) is 12.2. The van der Waals surface area contributed by atoms with E-state index >= 15 is 0 Å². The molecule has 0 aliphatic rings. The highest BCUT2D eigenvalue weighted by molar-refractivity contribution is 6.31. The molecule has 2 aromatic rings. The third-order valence-electron chi connectivity index (χ3n) is 2.71. The molecule has 0 bridgehead atoms. The molecule has 0 amide bonds. The number of aromatic nitrogens is 2. The third kappa shape index (κ3) is 1.73. The Bertz CT molecular complexity index is 701. The predicted octanol–water partition coefficient (Wildman–Crippen LogP) is 2.89. The lowest BCUT2D eigenvalue weighted by Gasteiger charge is -2.07. The molecule has 1 aromatic heterocycles. The van der Waals surface area contributed by atoms with Crippen molar-refractivity contribution in [3.63, 3.8) is 0 Å². The fraction of sp³-hybridized carbons (Fsp3) is 0.154. The van der Waals surface area contributed by atoms with Crippen LogP contribution in [0.5, 0.6) is 0 Å². The Balaban J connectivity index is 2.77. The van der Waals surface area contributed by atoms with E-state index in [1.54, 1.807) is 29.8 Å². The normalized spacial score (nSPS) is 9.83. The second-order valence-electron chi connectivity index (χ2n) is 3.82. The fourth-order valence-electron chi connectivity index (χ4n) is 1.79. The molecule has 0 radical (unpaired) electrons. The van der Waals surface area contributed by atoms with Crippen molar-refractivity contribution in [1.29, 1.82) is 10.5 Å². The minimum absolute atomic E-state index is 0.308. The van der Waals surface area contributed by atoms with Gasteiger partial charge in [0.1, 0.15) is 12.1 Å². The molecule has 5 heteroatoms. The van der Waals surface area contributed by atoms with Crippen LogP contribution in [0, 0.1) is 36.5 Å². The van der Waals surface area contributed by atoms with Gasteiger partial charge in [-0.05, 0) is 26.0 Å². The second-order valence-corrected chi connectivity index (χ2v) is 4.20. The first-order valence-electron chi connectivity index (χ1n) is 5.25.